The minimum atomic E-state index is -1.57. The number of ether oxygens (including phenoxy) is 2. The third kappa shape index (κ3) is 6.64. The molecule has 9 nitrogen and oxygen atoms in total. The quantitative estimate of drug-likeness (QED) is 0.382. The van der Waals surface area contributed by atoms with Crippen molar-refractivity contribution in [2.24, 2.45) is 0 Å². The first-order valence-corrected chi connectivity index (χ1v) is 9.21. The Bertz CT molecular complexity index is 489. The van der Waals surface area contributed by atoms with Crippen molar-refractivity contribution in [2.75, 3.05) is 32.8 Å². The van der Waals surface area contributed by atoms with E-state index < -0.39 is 29.8 Å². The van der Waals surface area contributed by atoms with E-state index >= 15 is 0 Å². The van der Waals surface area contributed by atoms with Crippen LogP contribution in [0.2, 0.25) is 0 Å². The van der Waals surface area contributed by atoms with Crippen LogP contribution < -0.4 is 16.0 Å². The zero-order valence-electron chi connectivity index (χ0n) is 15.2. The number of carboxylic acid groups (broad SMARTS) is 1. The molecule has 0 radical (unpaired) electrons. The van der Waals surface area contributed by atoms with E-state index in [1.54, 1.807) is 0 Å². The third-order valence-corrected chi connectivity index (χ3v) is 4.64. The molecular formula is C17H29N3O6. The van der Waals surface area contributed by atoms with E-state index in [0.29, 0.717) is 12.8 Å². The average Bonchev–Trinajstić information content (AvgIpc) is 2.65. The average molecular weight is 371 g/mol. The molecule has 4 N–H and O–H groups in total. The van der Waals surface area contributed by atoms with Gasteiger partial charge < -0.3 is 30.5 Å². The van der Waals surface area contributed by atoms with Crippen LogP contribution in [0.5, 0.6) is 0 Å². The Morgan fingerprint density at radius 1 is 1.04 bits per heavy atom. The molecule has 0 aromatic carbocycles. The fourth-order valence-electron chi connectivity index (χ4n) is 3.11. The summed E-state index contributed by atoms with van der Waals surface area (Å²) >= 11 is 0. The van der Waals surface area contributed by atoms with Crippen LogP contribution in [0.1, 0.15) is 32.6 Å². The molecule has 148 valence electrons. The number of nitrogens with one attached hydrogen (secondary N) is 3. The van der Waals surface area contributed by atoms with Crippen LogP contribution in [-0.2, 0) is 23.9 Å². The van der Waals surface area contributed by atoms with Crippen molar-refractivity contribution in [3.63, 3.8) is 0 Å². The molecule has 0 aromatic rings. The highest BCUT2D eigenvalue weighted by atomic mass is 16.5. The molecule has 0 aromatic heterocycles. The molecule has 2 unspecified atom stereocenters. The smallest absolute Gasteiger partial charge is 0.340 e. The van der Waals surface area contributed by atoms with Crippen molar-refractivity contribution in [1.29, 1.82) is 0 Å². The van der Waals surface area contributed by atoms with E-state index in [0.717, 1.165) is 39.0 Å². The molecule has 2 rings (SSSR count). The van der Waals surface area contributed by atoms with Gasteiger partial charge >= 0.3 is 5.97 Å². The Balaban J connectivity index is 1.78. The van der Waals surface area contributed by atoms with E-state index in [1.807, 2.05) is 0 Å². The van der Waals surface area contributed by atoms with Crippen molar-refractivity contribution in [3.8, 4) is 0 Å². The Morgan fingerprint density at radius 2 is 1.58 bits per heavy atom. The number of piperidine rings is 2. The largest absolute Gasteiger partial charge is 0.479 e. The van der Waals surface area contributed by atoms with Gasteiger partial charge in [0.25, 0.3) is 0 Å². The fraction of sp³-hybridized carbons (Fsp3) is 0.824. The van der Waals surface area contributed by atoms with E-state index in [4.69, 9.17) is 9.47 Å². The summed E-state index contributed by atoms with van der Waals surface area (Å²) in [5.74, 6) is -2.43. The number of aliphatic carboxylic acids is 1. The molecule has 0 saturated carbocycles. The number of carbonyl (C=O) groups excluding carboxylic acids is 2. The van der Waals surface area contributed by atoms with E-state index in [-0.39, 0.29) is 18.8 Å². The topological polar surface area (TPSA) is 126 Å². The van der Waals surface area contributed by atoms with Gasteiger partial charge in [-0.05, 0) is 58.8 Å². The van der Waals surface area contributed by atoms with Crippen LogP contribution in [-0.4, -0.2) is 79.9 Å². The first kappa shape index (κ1) is 20.8. The standard InChI is InChI=1S/C17H29N3O6/c1-11(20-14(21)10-25-12-2-6-18-7-3-12)15(22)16(17(23)24)26-13-4-8-19-9-5-13/h11-13,16,18-19H,2-10H2,1H3,(H,20,21)(H,23,24). The lowest BCUT2D eigenvalue weighted by Gasteiger charge is -2.27. The molecule has 2 aliphatic heterocycles. The van der Waals surface area contributed by atoms with Crippen LogP contribution in [0.4, 0.5) is 0 Å². The van der Waals surface area contributed by atoms with Crippen LogP contribution in [0.15, 0.2) is 0 Å². The Morgan fingerprint density at radius 3 is 2.12 bits per heavy atom. The number of carbonyl (C=O) groups is 3. The van der Waals surface area contributed by atoms with Crippen LogP contribution in [0, 0.1) is 0 Å². The number of Topliss-reactive ketones (excluding diaryl/α,β-unsaturated/α-hetero) is 1. The van der Waals surface area contributed by atoms with Crippen LogP contribution in [0.25, 0.3) is 0 Å². The maximum absolute atomic E-state index is 12.4. The molecule has 2 fully saturated rings. The molecule has 26 heavy (non-hydrogen) atoms. The van der Waals surface area contributed by atoms with Crippen molar-refractivity contribution < 1.29 is 29.0 Å². The molecule has 1 amide bonds. The molecule has 2 aliphatic rings. The normalized spacial score (nSPS) is 21.7. The van der Waals surface area contributed by atoms with Crippen molar-refractivity contribution in [3.05, 3.63) is 0 Å². The fourth-order valence-corrected chi connectivity index (χ4v) is 3.11. The summed E-state index contributed by atoms with van der Waals surface area (Å²) in [4.78, 5) is 35.8. The molecular weight excluding hydrogens is 342 g/mol. The van der Waals surface area contributed by atoms with Gasteiger partial charge in [-0.1, -0.05) is 0 Å². The Hall–Kier alpha value is -1.55. The van der Waals surface area contributed by atoms with Gasteiger partial charge in [-0.3, -0.25) is 9.59 Å². The van der Waals surface area contributed by atoms with Crippen LogP contribution in [0.3, 0.4) is 0 Å². The Labute approximate surface area is 153 Å². The second kappa shape index (κ2) is 10.6. The van der Waals surface area contributed by atoms with Crippen molar-refractivity contribution >= 4 is 17.7 Å². The lowest BCUT2D eigenvalue weighted by atomic mass is 10.1. The molecule has 0 aliphatic carbocycles. The Kier molecular flexibility index (Phi) is 8.43. The van der Waals surface area contributed by atoms with Gasteiger partial charge in [0, 0.05) is 0 Å². The van der Waals surface area contributed by atoms with Gasteiger partial charge in [0.2, 0.25) is 12.0 Å². The first-order chi connectivity index (χ1) is 12.5. The van der Waals surface area contributed by atoms with Gasteiger partial charge in [0.1, 0.15) is 6.61 Å². The lowest BCUT2D eigenvalue weighted by molar-refractivity contribution is -0.162. The number of hydrogen-bond acceptors (Lipinski definition) is 7. The minimum Gasteiger partial charge on any atom is -0.479 e. The summed E-state index contributed by atoms with van der Waals surface area (Å²) < 4.78 is 11.0. The number of hydrogen-bond donors (Lipinski definition) is 4. The summed E-state index contributed by atoms with van der Waals surface area (Å²) in [6, 6.07) is -0.957. The molecule has 0 bridgehead atoms. The SMILES string of the molecule is CC(NC(=O)COC1CCNCC1)C(=O)C(OC1CCNCC1)C(=O)O. The predicted molar refractivity (Wildman–Crippen MR) is 92.9 cm³/mol. The predicted octanol–water partition coefficient (Wildman–Crippen LogP) is -0.949. The highest BCUT2D eigenvalue weighted by molar-refractivity contribution is 6.04. The van der Waals surface area contributed by atoms with E-state index in [1.165, 1.54) is 6.92 Å². The summed E-state index contributed by atoms with van der Waals surface area (Å²) in [7, 11) is 0. The van der Waals surface area contributed by atoms with Gasteiger partial charge in [-0.15, -0.1) is 0 Å². The summed E-state index contributed by atoms with van der Waals surface area (Å²) in [5, 5.41) is 18.2. The van der Waals surface area contributed by atoms with Gasteiger partial charge in [-0.2, -0.15) is 0 Å². The number of ketones is 1. The molecule has 2 atom stereocenters. The highest BCUT2D eigenvalue weighted by Gasteiger charge is 2.34. The first-order valence-electron chi connectivity index (χ1n) is 9.21. The van der Waals surface area contributed by atoms with E-state index in [2.05, 4.69) is 16.0 Å². The van der Waals surface area contributed by atoms with Crippen LogP contribution >= 0.6 is 0 Å². The summed E-state index contributed by atoms with van der Waals surface area (Å²) in [6.07, 6.45) is 1.18. The number of rotatable bonds is 9. The molecule has 2 saturated heterocycles. The van der Waals surface area contributed by atoms with Gasteiger partial charge in [0.05, 0.1) is 18.2 Å². The molecule has 2 heterocycles. The second-order valence-electron chi connectivity index (χ2n) is 6.76. The zero-order chi connectivity index (χ0) is 18.9. The van der Waals surface area contributed by atoms with Crippen molar-refractivity contribution in [2.45, 2.75) is 57.0 Å². The highest BCUT2D eigenvalue weighted by Crippen LogP contribution is 2.12. The van der Waals surface area contributed by atoms with E-state index in [9.17, 15) is 19.5 Å². The lowest BCUT2D eigenvalue weighted by Crippen LogP contribution is -2.50. The maximum Gasteiger partial charge on any atom is 0.340 e. The van der Waals surface area contributed by atoms with Gasteiger partial charge in [0.15, 0.2) is 5.78 Å². The maximum atomic E-state index is 12.4. The number of carboxylic acids is 1. The summed E-state index contributed by atoms with van der Waals surface area (Å²) in [5.41, 5.74) is 0. The zero-order valence-corrected chi connectivity index (χ0v) is 15.2. The number of amides is 1. The summed E-state index contributed by atoms with van der Waals surface area (Å²) in [6.45, 7) is 4.49. The monoisotopic (exact) mass is 371 g/mol. The second-order valence-corrected chi connectivity index (χ2v) is 6.76. The molecule has 9 heteroatoms. The molecule has 0 spiro atoms. The minimum absolute atomic E-state index is 0.0306. The van der Waals surface area contributed by atoms with Crippen molar-refractivity contribution in [1.82, 2.24) is 16.0 Å². The van der Waals surface area contributed by atoms with Gasteiger partial charge in [-0.25, -0.2) is 4.79 Å². The third-order valence-electron chi connectivity index (χ3n) is 4.64.